The largest absolute Gasteiger partial charge is 0.496 e. The molecule has 1 aliphatic rings. The number of para-hydroxylation sites is 1. The molecule has 2 N–H and O–H groups in total. The van der Waals surface area contributed by atoms with Crippen LogP contribution in [0.25, 0.3) is 10.2 Å². The molecule has 0 atom stereocenters. The van der Waals surface area contributed by atoms with E-state index in [9.17, 15) is 4.79 Å². The number of hydrogen-bond acceptors (Lipinski definition) is 5. The molecule has 6 heteroatoms. The number of anilines is 1. The number of amides is 1. The number of methoxy groups -OCH3 is 1. The van der Waals surface area contributed by atoms with E-state index >= 15 is 0 Å². The molecule has 2 aromatic carbocycles. The van der Waals surface area contributed by atoms with E-state index in [1.807, 2.05) is 36.4 Å². The van der Waals surface area contributed by atoms with E-state index in [1.165, 1.54) is 11.3 Å². The third-order valence-corrected chi connectivity index (χ3v) is 5.17. The van der Waals surface area contributed by atoms with Gasteiger partial charge in [0.05, 0.1) is 17.3 Å². The summed E-state index contributed by atoms with van der Waals surface area (Å²) in [4.78, 5) is 17.2. The smallest absolute Gasteiger partial charge is 0.257 e. The first kappa shape index (κ1) is 15.1. The standard InChI is InChI=1S/C18H17N3O2S/c1-23-15-7-6-12(13-10-19-9-8-11(13)15)17(22)21-18-20-14-4-2-3-5-16(14)24-18/h2-7,19H,8-10H2,1H3,(H,20,21,22). The first-order valence-corrected chi connectivity index (χ1v) is 8.64. The van der Waals surface area contributed by atoms with Gasteiger partial charge in [0.1, 0.15) is 5.75 Å². The molecule has 0 saturated heterocycles. The molecule has 4 rings (SSSR count). The maximum Gasteiger partial charge on any atom is 0.257 e. The first-order valence-electron chi connectivity index (χ1n) is 7.82. The first-order chi connectivity index (χ1) is 11.8. The fourth-order valence-corrected chi connectivity index (χ4v) is 3.93. The Morgan fingerprint density at radius 2 is 2.12 bits per heavy atom. The van der Waals surface area contributed by atoms with Crippen molar-refractivity contribution in [2.75, 3.05) is 19.0 Å². The van der Waals surface area contributed by atoms with Gasteiger partial charge in [0.2, 0.25) is 0 Å². The van der Waals surface area contributed by atoms with Crippen LogP contribution in [-0.2, 0) is 13.0 Å². The Kier molecular flexibility index (Phi) is 3.92. The monoisotopic (exact) mass is 339 g/mol. The summed E-state index contributed by atoms with van der Waals surface area (Å²) in [6.07, 6.45) is 0.862. The number of carbonyl (C=O) groups is 1. The lowest BCUT2D eigenvalue weighted by Crippen LogP contribution is -2.27. The fraction of sp³-hybridized carbons (Fsp3) is 0.222. The number of ether oxygens (including phenoxy) is 1. The number of fused-ring (bicyclic) bond motifs is 2. The molecule has 5 nitrogen and oxygen atoms in total. The lowest BCUT2D eigenvalue weighted by Gasteiger charge is -2.22. The highest BCUT2D eigenvalue weighted by molar-refractivity contribution is 7.22. The average Bonchev–Trinajstić information content (AvgIpc) is 3.02. The van der Waals surface area contributed by atoms with Gasteiger partial charge in [-0.3, -0.25) is 10.1 Å². The van der Waals surface area contributed by atoms with E-state index in [0.29, 0.717) is 17.2 Å². The molecule has 1 aliphatic heterocycles. The van der Waals surface area contributed by atoms with Gasteiger partial charge in [-0.1, -0.05) is 23.5 Å². The van der Waals surface area contributed by atoms with Crippen molar-refractivity contribution < 1.29 is 9.53 Å². The molecule has 24 heavy (non-hydrogen) atoms. The van der Waals surface area contributed by atoms with E-state index in [1.54, 1.807) is 7.11 Å². The minimum Gasteiger partial charge on any atom is -0.496 e. The second-order valence-corrected chi connectivity index (χ2v) is 6.67. The summed E-state index contributed by atoms with van der Waals surface area (Å²) in [5.41, 5.74) is 3.71. The highest BCUT2D eigenvalue weighted by Crippen LogP contribution is 2.30. The van der Waals surface area contributed by atoms with Gasteiger partial charge < -0.3 is 10.1 Å². The second kappa shape index (κ2) is 6.22. The van der Waals surface area contributed by atoms with Gasteiger partial charge >= 0.3 is 0 Å². The minimum absolute atomic E-state index is 0.128. The molecule has 122 valence electrons. The zero-order valence-electron chi connectivity index (χ0n) is 13.3. The highest BCUT2D eigenvalue weighted by Gasteiger charge is 2.21. The molecule has 1 amide bonds. The van der Waals surface area contributed by atoms with E-state index in [2.05, 4.69) is 15.6 Å². The Labute approximate surface area is 143 Å². The Morgan fingerprint density at radius 1 is 1.25 bits per heavy atom. The molecule has 0 spiro atoms. The van der Waals surface area contributed by atoms with Crippen molar-refractivity contribution in [3.8, 4) is 5.75 Å². The third kappa shape index (κ3) is 2.64. The molecule has 0 radical (unpaired) electrons. The highest BCUT2D eigenvalue weighted by atomic mass is 32.1. The van der Waals surface area contributed by atoms with Crippen LogP contribution in [0, 0.1) is 0 Å². The lowest BCUT2D eigenvalue weighted by molar-refractivity contribution is 0.102. The molecule has 0 aliphatic carbocycles. The molecule has 1 aromatic heterocycles. The summed E-state index contributed by atoms with van der Waals surface area (Å²) in [7, 11) is 1.67. The summed E-state index contributed by atoms with van der Waals surface area (Å²) < 4.78 is 6.50. The summed E-state index contributed by atoms with van der Waals surface area (Å²) in [5, 5.41) is 6.88. The number of nitrogens with one attached hydrogen (secondary N) is 2. The molecule has 0 fully saturated rings. The summed E-state index contributed by atoms with van der Waals surface area (Å²) in [5.74, 6) is 0.722. The zero-order chi connectivity index (χ0) is 16.5. The lowest BCUT2D eigenvalue weighted by atomic mass is 9.94. The third-order valence-electron chi connectivity index (χ3n) is 4.22. The van der Waals surface area contributed by atoms with Crippen molar-refractivity contribution in [1.29, 1.82) is 0 Å². The minimum atomic E-state index is -0.128. The van der Waals surface area contributed by atoms with Crippen LogP contribution in [0.3, 0.4) is 0 Å². The molecule has 2 heterocycles. The van der Waals surface area contributed by atoms with E-state index in [4.69, 9.17) is 4.74 Å². The van der Waals surface area contributed by atoms with Gasteiger partial charge in [0, 0.05) is 17.7 Å². The fourth-order valence-electron chi connectivity index (χ4n) is 3.07. The number of aromatic nitrogens is 1. The van der Waals surface area contributed by atoms with Crippen molar-refractivity contribution in [2.24, 2.45) is 0 Å². The topological polar surface area (TPSA) is 63.2 Å². The van der Waals surface area contributed by atoms with Crippen LogP contribution in [0.1, 0.15) is 21.5 Å². The van der Waals surface area contributed by atoms with Crippen LogP contribution in [0.2, 0.25) is 0 Å². The van der Waals surface area contributed by atoms with Gasteiger partial charge in [0.25, 0.3) is 5.91 Å². The predicted molar refractivity (Wildman–Crippen MR) is 96.0 cm³/mol. The van der Waals surface area contributed by atoms with Crippen molar-refractivity contribution >= 4 is 32.6 Å². The van der Waals surface area contributed by atoms with Crippen molar-refractivity contribution in [3.63, 3.8) is 0 Å². The average molecular weight is 339 g/mol. The van der Waals surface area contributed by atoms with Gasteiger partial charge in [-0.15, -0.1) is 0 Å². The maximum atomic E-state index is 12.7. The normalized spacial score (nSPS) is 13.5. The quantitative estimate of drug-likeness (QED) is 0.769. The molecular formula is C18H17N3O2S. The van der Waals surface area contributed by atoms with E-state index in [-0.39, 0.29) is 5.91 Å². The van der Waals surface area contributed by atoms with E-state index < -0.39 is 0 Å². The number of benzene rings is 2. The summed E-state index contributed by atoms with van der Waals surface area (Å²) >= 11 is 1.48. The van der Waals surface area contributed by atoms with Crippen molar-refractivity contribution in [1.82, 2.24) is 10.3 Å². The molecule has 3 aromatic rings. The predicted octanol–water partition coefficient (Wildman–Crippen LogP) is 3.20. The summed E-state index contributed by atoms with van der Waals surface area (Å²) in [6.45, 7) is 1.57. The van der Waals surface area contributed by atoms with Crippen molar-refractivity contribution in [2.45, 2.75) is 13.0 Å². The van der Waals surface area contributed by atoms with Crippen LogP contribution in [-0.4, -0.2) is 24.5 Å². The van der Waals surface area contributed by atoms with Crippen LogP contribution in [0.5, 0.6) is 5.75 Å². The number of nitrogens with zero attached hydrogens (tertiary/aromatic N) is 1. The van der Waals surface area contributed by atoms with Crippen LogP contribution < -0.4 is 15.4 Å². The van der Waals surface area contributed by atoms with Crippen LogP contribution >= 0.6 is 11.3 Å². The molecule has 0 unspecified atom stereocenters. The zero-order valence-corrected chi connectivity index (χ0v) is 14.1. The van der Waals surface area contributed by atoms with E-state index in [0.717, 1.165) is 40.1 Å². The van der Waals surface area contributed by atoms with Gasteiger partial charge in [-0.05, 0) is 42.8 Å². The number of thiazole rings is 1. The Balaban J connectivity index is 1.67. The number of rotatable bonds is 3. The summed E-state index contributed by atoms with van der Waals surface area (Å²) in [6, 6.07) is 11.6. The van der Waals surface area contributed by atoms with Gasteiger partial charge in [-0.2, -0.15) is 0 Å². The molecule has 0 bridgehead atoms. The molecular weight excluding hydrogens is 322 g/mol. The van der Waals surface area contributed by atoms with Crippen molar-refractivity contribution in [3.05, 3.63) is 53.1 Å². The number of hydrogen-bond donors (Lipinski definition) is 2. The second-order valence-electron chi connectivity index (χ2n) is 5.64. The SMILES string of the molecule is COc1ccc(C(=O)Nc2nc3ccccc3s2)c2c1CCNC2. The Morgan fingerprint density at radius 3 is 2.96 bits per heavy atom. The number of carbonyl (C=O) groups excluding carboxylic acids is 1. The van der Waals surface area contributed by atoms with Gasteiger partial charge in [0.15, 0.2) is 5.13 Å². The maximum absolute atomic E-state index is 12.7. The van der Waals surface area contributed by atoms with Crippen LogP contribution in [0.15, 0.2) is 36.4 Å². The van der Waals surface area contributed by atoms with Crippen LogP contribution in [0.4, 0.5) is 5.13 Å². The Hall–Kier alpha value is -2.44. The molecule has 0 saturated carbocycles. The van der Waals surface area contributed by atoms with Gasteiger partial charge in [-0.25, -0.2) is 4.98 Å². The Bertz CT molecular complexity index is 887.